The van der Waals surface area contributed by atoms with Gasteiger partial charge in [0.15, 0.2) is 0 Å². The van der Waals surface area contributed by atoms with Gasteiger partial charge in [0.05, 0.1) is 30.1 Å². The highest BCUT2D eigenvalue weighted by Gasteiger charge is 2.40. The zero-order valence-electron chi connectivity index (χ0n) is 22.0. The number of carbonyl (C=O) groups is 2. The number of hydrogen-bond acceptors (Lipinski definition) is 7. The number of nitrogens with zero attached hydrogens (tertiary/aromatic N) is 4. The van der Waals surface area contributed by atoms with E-state index in [0.29, 0.717) is 17.9 Å². The zero-order valence-corrected chi connectivity index (χ0v) is 22.0. The Hall–Kier alpha value is -3.13. The lowest BCUT2D eigenvalue weighted by Crippen LogP contribution is -2.37. The third kappa shape index (κ3) is 7.04. The summed E-state index contributed by atoms with van der Waals surface area (Å²) in [5.41, 5.74) is 0.348. The average molecular weight is 543 g/mol. The van der Waals surface area contributed by atoms with E-state index in [2.05, 4.69) is 25.6 Å². The molecule has 11 nitrogen and oxygen atoms in total. The molecule has 14 heteroatoms. The lowest BCUT2D eigenvalue weighted by Gasteiger charge is -2.22. The topological polar surface area (TPSA) is 122 Å². The molecule has 0 spiro atoms. The van der Waals surface area contributed by atoms with E-state index < -0.39 is 42.7 Å². The van der Waals surface area contributed by atoms with Gasteiger partial charge >= 0.3 is 12.5 Å². The van der Waals surface area contributed by atoms with Crippen LogP contribution in [0, 0.1) is 0 Å². The van der Waals surface area contributed by atoms with Crippen molar-refractivity contribution in [3.63, 3.8) is 0 Å². The Kier molecular flexibility index (Phi) is 7.49. The Balaban J connectivity index is 1.42. The molecule has 1 aliphatic carbocycles. The molecule has 2 fully saturated rings. The molecule has 2 atom stereocenters. The van der Waals surface area contributed by atoms with Gasteiger partial charge in [0, 0.05) is 31.5 Å². The molecule has 4 rings (SSSR count). The number of ether oxygens (including phenoxy) is 3. The molecule has 0 bridgehead atoms. The van der Waals surface area contributed by atoms with Crippen LogP contribution in [-0.2, 0) is 33.2 Å². The van der Waals surface area contributed by atoms with Gasteiger partial charge in [0.25, 0.3) is 5.91 Å². The molecule has 2 amide bonds. The van der Waals surface area contributed by atoms with E-state index in [9.17, 15) is 22.8 Å². The maximum absolute atomic E-state index is 13.1. The summed E-state index contributed by atoms with van der Waals surface area (Å²) in [7, 11) is 1.53. The summed E-state index contributed by atoms with van der Waals surface area (Å²) in [4.78, 5) is 25.2. The zero-order chi connectivity index (χ0) is 27.9. The SMILES string of the molecule is Cn1nc(CCOC(F)(F)F)cc1C(=O)Nc1cc(C2CC(OC(=O)NC3(C)CC3)CO2)nn1C(C)(C)C. The summed E-state index contributed by atoms with van der Waals surface area (Å²) in [6.45, 7) is 7.36. The molecule has 1 saturated heterocycles. The fourth-order valence-electron chi connectivity index (χ4n) is 4.10. The Bertz CT molecular complexity index is 1180. The monoisotopic (exact) mass is 542 g/mol. The Morgan fingerprint density at radius 2 is 1.92 bits per heavy atom. The molecule has 38 heavy (non-hydrogen) atoms. The maximum atomic E-state index is 13.1. The number of amides is 2. The van der Waals surface area contributed by atoms with Gasteiger partial charge in [-0.1, -0.05) is 0 Å². The number of anilines is 1. The first-order valence-electron chi connectivity index (χ1n) is 12.4. The van der Waals surface area contributed by atoms with Crippen molar-refractivity contribution in [1.82, 2.24) is 24.9 Å². The molecule has 210 valence electrons. The van der Waals surface area contributed by atoms with E-state index in [1.807, 2.05) is 27.7 Å². The van der Waals surface area contributed by atoms with E-state index in [0.717, 1.165) is 12.8 Å². The fourth-order valence-corrected chi connectivity index (χ4v) is 4.10. The van der Waals surface area contributed by atoms with Crippen LogP contribution in [0.15, 0.2) is 12.1 Å². The molecule has 1 aliphatic heterocycles. The molecule has 2 N–H and O–H groups in total. The van der Waals surface area contributed by atoms with E-state index in [1.165, 1.54) is 17.8 Å². The molecule has 2 aromatic heterocycles. The van der Waals surface area contributed by atoms with Gasteiger partial charge in [0.1, 0.15) is 23.7 Å². The standard InChI is InChI=1S/C24H33F3N6O5/c1-22(2,3)33-19(28-20(34)17-10-14(30-32(17)5)6-9-37-24(25,26)27)12-16(31-33)18-11-15(13-36-18)38-21(35)29-23(4)7-8-23/h10,12,15,18H,6-9,11,13H2,1-5H3,(H,28,34)(H,29,35). The minimum absolute atomic E-state index is 0.107. The molecule has 0 radical (unpaired) electrons. The quantitative estimate of drug-likeness (QED) is 0.520. The van der Waals surface area contributed by atoms with Crippen LogP contribution in [0.25, 0.3) is 0 Å². The Morgan fingerprint density at radius 1 is 1.21 bits per heavy atom. The van der Waals surface area contributed by atoms with E-state index >= 15 is 0 Å². The van der Waals surface area contributed by atoms with Crippen molar-refractivity contribution in [2.75, 3.05) is 18.5 Å². The highest BCUT2D eigenvalue weighted by atomic mass is 19.4. The van der Waals surface area contributed by atoms with Crippen molar-refractivity contribution in [1.29, 1.82) is 0 Å². The molecule has 2 aromatic rings. The number of hydrogen-bond donors (Lipinski definition) is 2. The number of aryl methyl sites for hydroxylation is 1. The number of alkyl carbamates (subject to hydrolysis) is 1. The minimum Gasteiger partial charge on any atom is -0.444 e. The lowest BCUT2D eigenvalue weighted by atomic mass is 10.1. The highest BCUT2D eigenvalue weighted by Crippen LogP contribution is 2.36. The van der Waals surface area contributed by atoms with Gasteiger partial charge in [-0.2, -0.15) is 10.2 Å². The predicted octanol–water partition coefficient (Wildman–Crippen LogP) is 3.81. The number of aromatic nitrogens is 4. The van der Waals surface area contributed by atoms with Crippen LogP contribution in [0.3, 0.4) is 0 Å². The second kappa shape index (κ2) is 10.2. The van der Waals surface area contributed by atoms with Crippen LogP contribution in [-0.4, -0.2) is 62.8 Å². The number of rotatable bonds is 8. The van der Waals surface area contributed by atoms with Crippen LogP contribution in [0.5, 0.6) is 0 Å². The molecule has 2 aliphatic rings. The number of nitrogens with one attached hydrogen (secondary N) is 2. The Labute approximate surface area is 218 Å². The largest absolute Gasteiger partial charge is 0.522 e. The summed E-state index contributed by atoms with van der Waals surface area (Å²) in [5.74, 6) is -0.0910. The van der Waals surface area contributed by atoms with Crippen molar-refractivity contribution in [2.45, 2.75) is 83.0 Å². The molecular formula is C24H33F3N6O5. The minimum atomic E-state index is -4.73. The van der Waals surface area contributed by atoms with Crippen molar-refractivity contribution in [2.24, 2.45) is 7.05 Å². The summed E-state index contributed by atoms with van der Waals surface area (Å²) < 4.78 is 54.8. The van der Waals surface area contributed by atoms with Gasteiger partial charge in [-0.3, -0.25) is 14.2 Å². The lowest BCUT2D eigenvalue weighted by molar-refractivity contribution is -0.324. The van der Waals surface area contributed by atoms with Gasteiger partial charge in [-0.25, -0.2) is 9.48 Å². The van der Waals surface area contributed by atoms with Crippen molar-refractivity contribution < 1.29 is 37.0 Å². The first-order valence-corrected chi connectivity index (χ1v) is 12.4. The predicted molar refractivity (Wildman–Crippen MR) is 128 cm³/mol. The van der Waals surface area contributed by atoms with E-state index in [4.69, 9.17) is 9.47 Å². The van der Waals surface area contributed by atoms with Gasteiger partial charge in [-0.05, 0) is 46.6 Å². The molecule has 2 unspecified atom stereocenters. The van der Waals surface area contributed by atoms with Crippen LogP contribution < -0.4 is 10.6 Å². The van der Waals surface area contributed by atoms with Crippen molar-refractivity contribution in [3.8, 4) is 0 Å². The fraction of sp³-hybridized carbons (Fsp3) is 0.667. The smallest absolute Gasteiger partial charge is 0.444 e. The van der Waals surface area contributed by atoms with Gasteiger partial charge < -0.3 is 20.1 Å². The third-order valence-electron chi connectivity index (χ3n) is 6.36. The van der Waals surface area contributed by atoms with Gasteiger partial charge in [-0.15, -0.1) is 13.2 Å². The summed E-state index contributed by atoms with van der Waals surface area (Å²) in [6.07, 6.45) is -3.88. The van der Waals surface area contributed by atoms with Gasteiger partial charge in [0.2, 0.25) is 0 Å². The summed E-state index contributed by atoms with van der Waals surface area (Å²) in [6, 6.07) is 3.12. The van der Waals surface area contributed by atoms with E-state index in [-0.39, 0.29) is 30.0 Å². The number of alkyl halides is 3. The van der Waals surface area contributed by atoms with Crippen molar-refractivity contribution >= 4 is 17.8 Å². The summed E-state index contributed by atoms with van der Waals surface area (Å²) >= 11 is 0. The molecule has 1 saturated carbocycles. The van der Waals surface area contributed by atoms with Crippen molar-refractivity contribution in [3.05, 3.63) is 29.2 Å². The Morgan fingerprint density at radius 3 is 2.55 bits per heavy atom. The maximum Gasteiger partial charge on any atom is 0.522 e. The van der Waals surface area contributed by atoms with Crippen LogP contribution in [0.4, 0.5) is 23.8 Å². The third-order valence-corrected chi connectivity index (χ3v) is 6.36. The van der Waals surface area contributed by atoms with Crippen LogP contribution in [0.2, 0.25) is 0 Å². The number of halogens is 3. The summed E-state index contributed by atoms with van der Waals surface area (Å²) in [5, 5.41) is 14.5. The molecule has 0 aromatic carbocycles. The van der Waals surface area contributed by atoms with Crippen LogP contribution in [0.1, 0.15) is 74.9 Å². The van der Waals surface area contributed by atoms with Crippen LogP contribution >= 0.6 is 0 Å². The first kappa shape index (κ1) is 27.9. The highest BCUT2D eigenvalue weighted by molar-refractivity contribution is 6.02. The normalized spacial score (nSPS) is 20.8. The number of carbonyl (C=O) groups excluding carboxylic acids is 2. The molecule has 3 heterocycles. The second-order valence-corrected chi connectivity index (χ2v) is 11.0. The van der Waals surface area contributed by atoms with E-state index in [1.54, 1.807) is 10.7 Å². The second-order valence-electron chi connectivity index (χ2n) is 11.0. The first-order chi connectivity index (χ1) is 17.6. The average Bonchev–Trinajstić information content (AvgIpc) is 3.14. The molecular weight excluding hydrogens is 509 g/mol.